The van der Waals surface area contributed by atoms with Gasteiger partial charge in [-0.05, 0) is 31.5 Å². The molecule has 1 unspecified atom stereocenters. The Bertz CT molecular complexity index is 791. The zero-order chi connectivity index (χ0) is 20.4. The van der Waals surface area contributed by atoms with Gasteiger partial charge < -0.3 is 10.1 Å². The molecule has 2 rings (SSSR count). The normalized spacial score (nSPS) is 11.2. The van der Waals surface area contributed by atoms with Crippen LogP contribution in [0.3, 0.4) is 0 Å². The Hall–Kier alpha value is -3.35. The molecule has 0 saturated heterocycles. The number of carbonyl (C=O) groups excluding carboxylic acids is 3. The zero-order valence-electron chi connectivity index (χ0n) is 16.0. The van der Waals surface area contributed by atoms with Gasteiger partial charge in [-0.25, -0.2) is 0 Å². The van der Waals surface area contributed by atoms with Gasteiger partial charge in [-0.3, -0.25) is 25.2 Å². The molecule has 0 aliphatic carbocycles. The number of carbonyl (C=O) groups is 3. The molecule has 28 heavy (non-hydrogen) atoms. The van der Waals surface area contributed by atoms with Crippen LogP contribution in [-0.4, -0.2) is 23.8 Å². The predicted octanol–water partition coefficient (Wildman–Crippen LogP) is 2.01. The van der Waals surface area contributed by atoms with Crippen LogP contribution in [0.25, 0.3) is 0 Å². The summed E-state index contributed by atoms with van der Waals surface area (Å²) in [6.07, 6.45) is -0.782. The number of hydrazine groups is 1. The van der Waals surface area contributed by atoms with E-state index >= 15 is 0 Å². The maximum absolute atomic E-state index is 12.0. The molecule has 148 valence electrons. The molecule has 0 spiro atoms. The van der Waals surface area contributed by atoms with Crippen molar-refractivity contribution in [3.63, 3.8) is 0 Å². The number of rotatable bonds is 8. The number of benzene rings is 2. The minimum atomic E-state index is -0.780. The SMILES string of the molecule is Cc1ccc(OC(C)C(=O)NNC(=O)CCC(=O)NCc2ccccc2)cc1. The molecule has 0 saturated carbocycles. The number of hydrogen-bond acceptors (Lipinski definition) is 4. The average molecular weight is 383 g/mol. The second-order valence-corrected chi connectivity index (χ2v) is 6.37. The van der Waals surface area contributed by atoms with Gasteiger partial charge in [-0.15, -0.1) is 0 Å². The third kappa shape index (κ3) is 7.49. The fourth-order valence-corrected chi connectivity index (χ4v) is 2.28. The van der Waals surface area contributed by atoms with Gasteiger partial charge in [0.1, 0.15) is 5.75 Å². The van der Waals surface area contributed by atoms with E-state index in [1.807, 2.05) is 49.4 Å². The molecule has 2 aromatic rings. The number of aryl methyl sites for hydroxylation is 1. The first-order valence-electron chi connectivity index (χ1n) is 9.06. The van der Waals surface area contributed by atoms with Crippen molar-refractivity contribution >= 4 is 17.7 Å². The summed E-state index contributed by atoms with van der Waals surface area (Å²) in [7, 11) is 0. The molecule has 3 amide bonds. The quantitative estimate of drug-likeness (QED) is 0.608. The lowest BCUT2D eigenvalue weighted by Gasteiger charge is -2.15. The van der Waals surface area contributed by atoms with E-state index in [9.17, 15) is 14.4 Å². The highest BCUT2D eigenvalue weighted by Gasteiger charge is 2.15. The van der Waals surface area contributed by atoms with Crippen LogP contribution in [0.5, 0.6) is 5.75 Å². The van der Waals surface area contributed by atoms with Crippen LogP contribution in [0.1, 0.15) is 30.9 Å². The van der Waals surface area contributed by atoms with Crippen molar-refractivity contribution in [3.05, 3.63) is 65.7 Å². The van der Waals surface area contributed by atoms with Gasteiger partial charge in [0.15, 0.2) is 6.10 Å². The summed E-state index contributed by atoms with van der Waals surface area (Å²) in [6.45, 7) is 3.95. The third-order valence-corrected chi connectivity index (χ3v) is 3.94. The van der Waals surface area contributed by atoms with Crippen LogP contribution in [0.2, 0.25) is 0 Å². The summed E-state index contributed by atoms with van der Waals surface area (Å²) in [5, 5.41) is 2.74. The van der Waals surface area contributed by atoms with Gasteiger partial charge in [0.05, 0.1) is 0 Å². The molecule has 0 heterocycles. The summed E-state index contributed by atoms with van der Waals surface area (Å²) in [6, 6.07) is 16.8. The van der Waals surface area contributed by atoms with Crippen molar-refractivity contribution in [2.45, 2.75) is 39.3 Å². The molecule has 0 aliphatic rings. The second-order valence-electron chi connectivity index (χ2n) is 6.37. The predicted molar refractivity (Wildman–Crippen MR) is 105 cm³/mol. The van der Waals surface area contributed by atoms with E-state index in [1.165, 1.54) is 0 Å². The first kappa shape index (κ1) is 21.0. The second kappa shape index (κ2) is 10.7. The van der Waals surface area contributed by atoms with Gasteiger partial charge in [0.25, 0.3) is 5.91 Å². The Balaban J connectivity index is 1.63. The van der Waals surface area contributed by atoms with Crippen LogP contribution < -0.4 is 20.9 Å². The van der Waals surface area contributed by atoms with Crippen molar-refractivity contribution in [2.24, 2.45) is 0 Å². The highest BCUT2D eigenvalue weighted by atomic mass is 16.5. The van der Waals surface area contributed by atoms with Crippen molar-refractivity contribution in [2.75, 3.05) is 0 Å². The van der Waals surface area contributed by atoms with Crippen molar-refractivity contribution in [3.8, 4) is 5.75 Å². The van der Waals surface area contributed by atoms with Crippen LogP contribution in [0.4, 0.5) is 0 Å². The highest BCUT2D eigenvalue weighted by Crippen LogP contribution is 2.13. The van der Waals surface area contributed by atoms with Gasteiger partial charge in [0, 0.05) is 19.4 Å². The Morgan fingerprint density at radius 3 is 2.21 bits per heavy atom. The molecule has 0 radical (unpaired) electrons. The van der Waals surface area contributed by atoms with Crippen molar-refractivity contribution in [1.29, 1.82) is 0 Å². The number of ether oxygens (including phenoxy) is 1. The summed E-state index contributed by atoms with van der Waals surface area (Å²) in [5.74, 6) is -0.607. The number of amides is 3. The largest absolute Gasteiger partial charge is 0.481 e. The first-order valence-corrected chi connectivity index (χ1v) is 9.06. The van der Waals surface area contributed by atoms with Gasteiger partial charge >= 0.3 is 0 Å². The molecule has 0 aliphatic heterocycles. The zero-order valence-corrected chi connectivity index (χ0v) is 16.0. The minimum absolute atomic E-state index is 0.0317. The van der Waals surface area contributed by atoms with Crippen molar-refractivity contribution in [1.82, 2.24) is 16.2 Å². The molecular weight excluding hydrogens is 358 g/mol. The van der Waals surface area contributed by atoms with E-state index in [4.69, 9.17) is 4.74 Å². The van der Waals surface area contributed by atoms with Gasteiger partial charge in [-0.1, -0.05) is 48.0 Å². The summed E-state index contributed by atoms with van der Waals surface area (Å²) < 4.78 is 5.51. The summed E-state index contributed by atoms with van der Waals surface area (Å²) in [4.78, 5) is 35.6. The summed E-state index contributed by atoms with van der Waals surface area (Å²) >= 11 is 0. The summed E-state index contributed by atoms with van der Waals surface area (Å²) in [5.41, 5.74) is 6.66. The Kier molecular flexibility index (Phi) is 8.02. The molecule has 7 nitrogen and oxygen atoms in total. The first-order chi connectivity index (χ1) is 13.4. The smallest absolute Gasteiger partial charge is 0.279 e. The maximum atomic E-state index is 12.0. The Morgan fingerprint density at radius 1 is 0.893 bits per heavy atom. The molecule has 0 bridgehead atoms. The molecule has 1 atom stereocenters. The molecular formula is C21H25N3O4. The lowest BCUT2D eigenvalue weighted by atomic mass is 10.2. The Morgan fingerprint density at radius 2 is 1.54 bits per heavy atom. The van der Waals surface area contributed by atoms with Crippen LogP contribution in [0.15, 0.2) is 54.6 Å². The fraction of sp³-hybridized carbons (Fsp3) is 0.286. The van der Waals surface area contributed by atoms with Gasteiger partial charge in [-0.2, -0.15) is 0 Å². The topological polar surface area (TPSA) is 96.5 Å². The molecule has 0 fully saturated rings. The highest BCUT2D eigenvalue weighted by molar-refractivity contribution is 5.86. The lowest BCUT2D eigenvalue weighted by molar-refractivity contribution is -0.133. The van der Waals surface area contributed by atoms with Gasteiger partial charge in [0.2, 0.25) is 11.8 Å². The molecule has 0 aromatic heterocycles. The van der Waals surface area contributed by atoms with E-state index in [0.717, 1.165) is 11.1 Å². The van der Waals surface area contributed by atoms with E-state index in [0.29, 0.717) is 12.3 Å². The molecule has 2 aromatic carbocycles. The molecule has 3 N–H and O–H groups in total. The van der Waals surface area contributed by atoms with E-state index in [1.54, 1.807) is 19.1 Å². The van der Waals surface area contributed by atoms with E-state index < -0.39 is 17.9 Å². The Labute approximate surface area is 164 Å². The van der Waals surface area contributed by atoms with E-state index in [-0.39, 0.29) is 18.7 Å². The standard InChI is InChI=1S/C21H25N3O4/c1-15-8-10-18(11-9-15)28-16(2)21(27)24-23-20(26)13-12-19(25)22-14-17-6-4-3-5-7-17/h3-11,16H,12-14H2,1-2H3,(H,22,25)(H,23,26)(H,24,27). The lowest BCUT2D eigenvalue weighted by Crippen LogP contribution is -2.47. The van der Waals surface area contributed by atoms with Crippen LogP contribution in [0, 0.1) is 6.92 Å². The monoisotopic (exact) mass is 383 g/mol. The average Bonchev–Trinajstić information content (AvgIpc) is 2.71. The maximum Gasteiger partial charge on any atom is 0.279 e. The van der Waals surface area contributed by atoms with E-state index in [2.05, 4.69) is 16.2 Å². The fourth-order valence-electron chi connectivity index (χ4n) is 2.28. The third-order valence-electron chi connectivity index (χ3n) is 3.94. The van der Waals surface area contributed by atoms with Crippen molar-refractivity contribution < 1.29 is 19.1 Å². The van der Waals surface area contributed by atoms with Crippen LogP contribution >= 0.6 is 0 Å². The molecule has 7 heteroatoms. The number of hydrogen-bond donors (Lipinski definition) is 3. The van der Waals surface area contributed by atoms with Crippen LogP contribution in [-0.2, 0) is 20.9 Å². The minimum Gasteiger partial charge on any atom is -0.481 e. The number of nitrogens with one attached hydrogen (secondary N) is 3.